The Bertz CT molecular complexity index is 32.7. The maximum Gasteiger partial charge on any atom is 0.0804 e. The molecule has 0 heterocycles. The van der Waals surface area contributed by atoms with Gasteiger partial charge in [-0.25, -0.2) is 0 Å². The topological polar surface area (TPSA) is 3.24 Å². The summed E-state index contributed by atoms with van der Waals surface area (Å²) in [6.07, 6.45) is 0. The second kappa shape index (κ2) is 2.84. The van der Waals surface area contributed by atoms with Crippen LogP contribution in [-0.4, -0.2) is 16.7 Å². The molecule has 0 aromatic rings. The average molecular weight is 191 g/mol. The van der Waals surface area contributed by atoms with Crippen molar-refractivity contribution in [1.82, 2.24) is 5.12 Å². The van der Waals surface area contributed by atoms with E-state index in [2.05, 4.69) is 0 Å². The minimum Gasteiger partial charge on any atom is -0.140 e. The Morgan fingerprint density at radius 2 is 3.00 bits per heavy atom. The van der Waals surface area contributed by atoms with E-state index in [0.29, 0.717) is 5.12 Å². The Kier molecular flexibility index (Phi) is 2.15. The van der Waals surface area contributed by atoms with E-state index in [4.69, 9.17) is 1.37 Å². The van der Waals surface area contributed by atoms with Crippen molar-refractivity contribution < 1.29 is 5.85 Å². The first-order chi connectivity index (χ1) is 2.81. The molecule has 0 amide bonds. The molecule has 0 fully saturated rings. The molecule has 32 valence electrons. The molecule has 0 saturated heterocycles. The van der Waals surface area contributed by atoms with Crippen molar-refractivity contribution in [2.24, 2.45) is 0 Å². The van der Waals surface area contributed by atoms with Gasteiger partial charge in [0.2, 0.25) is 0 Å². The largest absolute Gasteiger partial charge is 0.140 e. The van der Waals surface area contributed by atoms with Crippen LogP contribution in [0.1, 0.15) is 1.37 Å². The number of alkyl halides is 1. The Balaban J connectivity index is 2.75. The molecule has 1 nitrogen and oxygen atoms in total. The average Bonchev–Trinajstić information content (AvgIpc) is 1.65. The lowest BCUT2D eigenvalue weighted by molar-refractivity contribution is 0.0931. The molecule has 0 radical (unpaired) electrons. The number of hydrogen-bond donors (Lipinski definition) is 0. The van der Waals surface area contributed by atoms with Crippen LogP contribution in [0.25, 0.3) is 0 Å². The smallest absolute Gasteiger partial charge is 0.0804 e. The SMILES string of the molecule is [3H]CN(F)CI. The monoisotopic (exact) mass is 191 g/mol. The molecule has 0 aliphatic rings. The van der Waals surface area contributed by atoms with Crippen molar-refractivity contribution >= 4 is 22.6 Å². The predicted octanol–water partition coefficient (Wildman–Crippen LogP) is 1.20. The predicted molar refractivity (Wildman–Crippen MR) is 27.8 cm³/mol. The van der Waals surface area contributed by atoms with E-state index in [1.165, 1.54) is 0 Å². The Labute approximate surface area is 45.6 Å². The van der Waals surface area contributed by atoms with Crippen LogP contribution < -0.4 is 0 Å². The first-order valence-corrected chi connectivity index (χ1v) is 2.59. The summed E-state index contributed by atoms with van der Waals surface area (Å²) in [6.45, 7) is 0. The Hall–Kier alpha value is 0.620. The quantitative estimate of drug-likeness (QED) is 0.260. The number of hydrogen-bond acceptors (Lipinski definition) is 1. The highest BCUT2D eigenvalue weighted by molar-refractivity contribution is 14.1. The molecule has 0 N–H and O–H groups in total. The van der Waals surface area contributed by atoms with E-state index in [1.807, 2.05) is 22.6 Å². The summed E-state index contributed by atoms with van der Waals surface area (Å²) in [6, 6.07) is 0. The third-order valence-corrected chi connectivity index (χ3v) is 0.870. The van der Waals surface area contributed by atoms with Crippen LogP contribution in [0.2, 0.25) is 0 Å². The van der Waals surface area contributed by atoms with E-state index >= 15 is 0 Å². The summed E-state index contributed by atoms with van der Waals surface area (Å²) < 4.78 is 18.1. The molecule has 3 heteroatoms. The number of halogens is 2. The van der Waals surface area contributed by atoms with Crippen LogP contribution in [0.4, 0.5) is 4.48 Å². The fourth-order valence-electron chi connectivity index (χ4n) is 0. The van der Waals surface area contributed by atoms with E-state index in [-0.39, 0.29) is 11.6 Å². The van der Waals surface area contributed by atoms with Gasteiger partial charge in [-0.15, -0.1) is 9.60 Å². The summed E-state index contributed by atoms with van der Waals surface area (Å²) in [4.78, 5) is 0. The number of nitrogens with zero attached hydrogens (tertiary/aromatic N) is 1. The summed E-state index contributed by atoms with van der Waals surface area (Å²) >= 11 is 1.84. The lowest BCUT2D eigenvalue weighted by Gasteiger charge is -1.91. The molecular formula is C2H5FIN. The van der Waals surface area contributed by atoms with Gasteiger partial charge in [0.25, 0.3) is 0 Å². The van der Waals surface area contributed by atoms with Crippen LogP contribution in [0.3, 0.4) is 0 Å². The molecule has 0 aliphatic carbocycles. The minimum atomic E-state index is -0.261. The van der Waals surface area contributed by atoms with Crippen molar-refractivity contribution in [2.45, 2.75) is 0 Å². The molecule has 0 spiro atoms. The van der Waals surface area contributed by atoms with Gasteiger partial charge < -0.3 is 0 Å². The first kappa shape index (κ1) is 3.80. The van der Waals surface area contributed by atoms with E-state index in [0.717, 1.165) is 0 Å². The van der Waals surface area contributed by atoms with Gasteiger partial charge in [0.15, 0.2) is 0 Å². The summed E-state index contributed by atoms with van der Waals surface area (Å²) in [5.74, 6) is 0. The second-order valence-corrected chi connectivity index (χ2v) is 1.26. The van der Waals surface area contributed by atoms with Gasteiger partial charge in [0.1, 0.15) is 0 Å². The molecule has 0 aromatic carbocycles. The molecule has 0 unspecified atom stereocenters. The highest BCUT2D eigenvalue weighted by Gasteiger charge is 1.80. The molecule has 0 aliphatic heterocycles. The Morgan fingerprint density at radius 1 is 2.40 bits per heavy atom. The maximum atomic E-state index is 11.5. The fourth-order valence-corrected chi connectivity index (χ4v) is 0. The molecule has 0 atom stereocenters. The van der Waals surface area contributed by atoms with Gasteiger partial charge in [-0.1, -0.05) is 22.6 Å². The first-order valence-electron chi connectivity index (χ1n) is 1.78. The van der Waals surface area contributed by atoms with Crippen LogP contribution in [0.5, 0.6) is 0 Å². The molecule has 0 rings (SSSR count). The highest BCUT2D eigenvalue weighted by atomic mass is 127. The lowest BCUT2D eigenvalue weighted by Crippen LogP contribution is -1.99. The standard InChI is InChI=1S/C2H5FIN/c1-5(3)2-4/h2H2,1H3/i1T. The summed E-state index contributed by atoms with van der Waals surface area (Å²) in [7, 11) is -0.261. The third-order valence-electron chi connectivity index (χ3n) is 0.130. The lowest BCUT2D eigenvalue weighted by atomic mass is 11.2. The molecular weight excluding hydrogens is 184 g/mol. The maximum absolute atomic E-state index is 11.5. The van der Waals surface area contributed by atoms with Crippen molar-refractivity contribution in [3.63, 3.8) is 0 Å². The van der Waals surface area contributed by atoms with E-state index in [1.54, 1.807) is 0 Å². The van der Waals surface area contributed by atoms with Crippen molar-refractivity contribution in [1.29, 1.82) is 0 Å². The number of rotatable bonds is 1. The summed E-state index contributed by atoms with van der Waals surface area (Å²) in [5, 5.41) is 0.403. The van der Waals surface area contributed by atoms with Gasteiger partial charge >= 0.3 is 0 Å². The normalized spacial score (nSPS) is 12.2. The Morgan fingerprint density at radius 3 is 3.00 bits per heavy atom. The zero-order valence-electron chi connectivity index (χ0n) is 3.62. The van der Waals surface area contributed by atoms with Crippen molar-refractivity contribution in [3.05, 3.63) is 0 Å². The van der Waals surface area contributed by atoms with Crippen LogP contribution in [-0.2, 0) is 0 Å². The van der Waals surface area contributed by atoms with Crippen LogP contribution in [0.15, 0.2) is 0 Å². The minimum absolute atomic E-state index is 0.261. The van der Waals surface area contributed by atoms with E-state index < -0.39 is 0 Å². The molecule has 5 heavy (non-hydrogen) atoms. The molecule has 0 saturated carbocycles. The van der Waals surface area contributed by atoms with Gasteiger partial charge in [-0.2, -0.15) is 0 Å². The van der Waals surface area contributed by atoms with Crippen molar-refractivity contribution in [2.75, 3.05) is 11.6 Å². The van der Waals surface area contributed by atoms with Crippen LogP contribution >= 0.6 is 22.6 Å². The zero-order chi connectivity index (χ0) is 4.99. The highest BCUT2D eigenvalue weighted by Crippen LogP contribution is 1.85. The summed E-state index contributed by atoms with van der Waals surface area (Å²) in [5.41, 5.74) is 0. The molecule has 0 aromatic heterocycles. The van der Waals surface area contributed by atoms with Gasteiger partial charge in [-0.3, -0.25) is 0 Å². The van der Waals surface area contributed by atoms with Gasteiger partial charge in [-0.05, 0) is 0 Å². The molecule has 0 bridgehead atoms. The van der Waals surface area contributed by atoms with Crippen molar-refractivity contribution in [3.8, 4) is 0 Å². The second-order valence-electron chi connectivity index (χ2n) is 0.582. The fraction of sp³-hybridized carbons (Fsp3) is 1.00. The van der Waals surface area contributed by atoms with Gasteiger partial charge in [0.05, 0.1) is 4.55 Å². The third kappa shape index (κ3) is 4.62. The van der Waals surface area contributed by atoms with E-state index in [9.17, 15) is 4.48 Å². The van der Waals surface area contributed by atoms with Crippen LogP contribution in [0, 0.1) is 0 Å². The van der Waals surface area contributed by atoms with Gasteiger partial charge in [0, 0.05) is 8.39 Å². The zero-order valence-corrected chi connectivity index (χ0v) is 4.77.